The molecule has 0 aliphatic carbocycles. The Kier molecular flexibility index (Phi) is 5.69. The molecule has 1 aromatic heterocycles. The van der Waals surface area contributed by atoms with Gasteiger partial charge in [0.1, 0.15) is 0 Å². The van der Waals surface area contributed by atoms with Gasteiger partial charge >= 0.3 is 0 Å². The Morgan fingerprint density at radius 2 is 1.93 bits per heavy atom. The summed E-state index contributed by atoms with van der Waals surface area (Å²) in [6.07, 6.45) is 0. The van der Waals surface area contributed by atoms with Crippen molar-refractivity contribution in [3.05, 3.63) is 70.4 Å². The maximum Gasteiger partial charge on any atom is 0.272 e. The lowest BCUT2D eigenvalue weighted by Gasteiger charge is -2.12. The van der Waals surface area contributed by atoms with Gasteiger partial charge < -0.3 is 4.74 Å². The molecule has 1 heterocycles. The average Bonchev–Trinajstić information content (AvgIpc) is 2.69. The highest BCUT2D eigenvalue weighted by atomic mass is 32.2. The first-order valence-electron chi connectivity index (χ1n) is 8.80. The number of hydrogen-bond acceptors (Lipinski definition) is 5. The van der Waals surface area contributed by atoms with E-state index < -0.39 is 21.4 Å². The molecule has 152 valence electrons. The number of aryl methyl sites for hydroxylation is 1. The van der Waals surface area contributed by atoms with Crippen LogP contribution in [-0.2, 0) is 10.0 Å². The summed E-state index contributed by atoms with van der Waals surface area (Å²) in [5.41, 5.74) is 1.93. The summed E-state index contributed by atoms with van der Waals surface area (Å²) in [7, 11) is -2.06. The molecule has 7 nitrogen and oxygen atoms in total. The first-order chi connectivity index (χ1) is 13.7. The highest BCUT2D eigenvalue weighted by Gasteiger charge is 2.13. The van der Waals surface area contributed by atoms with E-state index in [2.05, 4.69) is 9.82 Å². The second-order valence-electron chi connectivity index (χ2n) is 6.30. The van der Waals surface area contributed by atoms with Gasteiger partial charge in [-0.15, -0.1) is 0 Å². The van der Waals surface area contributed by atoms with Crippen molar-refractivity contribution < 1.29 is 17.5 Å². The van der Waals surface area contributed by atoms with E-state index >= 15 is 0 Å². The molecule has 0 atom stereocenters. The van der Waals surface area contributed by atoms with Crippen LogP contribution in [0.4, 0.5) is 10.1 Å². The van der Waals surface area contributed by atoms with Crippen LogP contribution in [-0.4, -0.2) is 31.1 Å². The summed E-state index contributed by atoms with van der Waals surface area (Å²) in [5, 5.41) is 4.29. The van der Waals surface area contributed by atoms with Crippen LogP contribution >= 0.6 is 0 Å². The maximum atomic E-state index is 14.0. The van der Waals surface area contributed by atoms with Crippen LogP contribution in [0.5, 0.6) is 5.75 Å². The van der Waals surface area contributed by atoms with Gasteiger partial charge in [-0.25, -0.2) is 12.8 Å². The predicted molar refractivity (Wildman–Crippen MR) is 110 cm³/mol. The highest BCUT2D eigenvalue weighted by molar-refractivity contribution is 7.92. The summed E-state index contributed by atoms with van der Waals surface area (Å²) in [6.45, 7) is 3.26. The van der Waals surface area contributed by atoms with E-state index in [0.29, 0.717) is 22.5 Å². The number of halogens is 1. The third-order valence-corrected chi connectivity index (χ3v) is 5.63. The summed E-state index contributed by atoms with van der Waals surface area (Å²) in [4.78, 5) is 12.6. The Morgan fingerprint density at radius 1 is 1.17 bits per heavy atom. The zero-order chi connectivity index (χ0) is 21.2. The average molecular weight is 417 g/mol. The van der Waals surface area contributed by atoms with Gasteiger partial charge in [-0.1, -0.05) is 12.1 Å². The summed E-state index contributed by atoms with van der Waals surface area (Å²) < 4.78 is 46.1. The fraction of sp³-hybridized carbons (Fsp3) is 0.200. The third-order valence-electron chi connectivity index (χ3n) is 4.32. The van der Waals surface area contributed by atoms with E-state index in [1.165, 1.54) is 31.4 Å². The number of sulfonamides is 1. The van der Waals surface area contributed by atoms with Crippen molar-refractivity contribution >= 4 is 15.7 Å². The van der Waals surface area contributed by atoms with Gasteiger partial charge in [0.25, 0.3) is 5.56 Å². The van der Waals surface area contributed by atoms with E-state index in [9.17, 15) is 17.6 Å². The van der Waals surface area contributed by atoms with Gasteiger partial charge in [0.05, 0.1) is 24.2 Å². The normalized spacial score (nSPS) is 11.3. The molecule has 1 N–H and O–H groups in total. The molecule has 0 bridgehead atoms. The fourth-order valence-electron chi connectivity index (χ4n) is 2.81. The number of methoxy groups -OCH3 is 1. The zero-order valence-corrected chi connectivity index (χ0v) is 17.0. The van der Waals surface area contributed by atoms with Crippen molar-refractivity contribution in [2.75, 3.05) is 17.6 Å². The molecule has 2 aromatic carbocycles. The van der Waals surface area contributed by atoms with Gasteiger partial charge in [-0.2, -0.15) is 9.78 Å². The predicted octanol–water partition coefficient (Wildman–Crippen LogP) is 3.12. The summed E-state index contributed by atoms with van der Waals surface area (Å²) in [5.74, 6) is -0.579. The molecule has 0 saturated heterocycles. The number of anilines is 1. The molecular weight excluding hydrogens is 397 g/mol. The number of aromatic nitrogens is 2. The Balaban J connectivity index is 2.02. The van der Waals surface area contributed by atoms with E-state index in [1.807, 2.05) is 0 Å². The van der Waals surface area contributed by atoms with Gasteiger partial charge in [0.2, 0.25) is 10.0 Å². The molecule has 3 rings (SSSR count). The Morgan fingerprint density at radius 3 is 2.59 bits per heavy atom. The van der Waals surface area contributed by atoms with Gasteiger partial charge in [0.15, 0.2) is 11.6 Å². The minimum Gasteiger partial charge on any atom is -0.494 e. The Labute approximate surface area is 167 Å². The van der Waals surface area contributed by atoms with E-state index in [0.717, 1.165) is 4.68 Å². The van der Waals surface area contributed by atoms with Crippen LogP contribution in [0, 0.1) is 12.7 Å². The summed E-state index contributed by atoms with van der Waals surface area (Å²) >= 11 is 0. The second-order valence-corrected chi connectivity index (χ2v) is 8.31. The lowest BCUT2D eigenvalue weighted by molar-refractivity contribution is 0.386. The van der Waals surface area contributed by atoms with Crippen LogP contribution in [0.15, 0.2) is 53.3 Å². The molecule has 0 spiro atoms. The minimum absolute atomic E-state index is 0.0493. The topological polar surface area (TPSA) is 90.3 Å². The Hall–Kier alpha value is -3.20. The molecule has 3 aromatic rings. The molecule has 0 radical (unpaired) electrons. The van der Waals surface area contributed by atoms with E-state index in [4.69, 9.17) is 4.74 Å². The van der Waals surface area contributed by atoms with Gasteiger partial charge in [-0.3, -0.25) is 9.52 Å². The summed E-state index contributed by atoms with van der Waals surface area (Å²) in [6, 6.07) is 12.2. The largest absolute Gasteiger partial charge is 0.494 e. The van der Waals surface area contributed by atoms with Crippen molar-refractivity contribution in [2.24, 2.45) is 0 Å². The SMILES string of the molecule is CCS(=O)(=O)Nc1cccc(-c2cc(=O)n(-c3ccc(OC)c(F)c3)nc2C)c1. The zero-order valence-electron chi connectivity index (χ0n) is 16.1. The molecule has 29 heavy (non-hydrogen) atoms. The molecule has 0 unspecified atom stereocenters. The van der Waals surface area contributed by atoms with Crippen molar-refractivity contribution in [3.63, 3.8) is 0 Å². The van der Waals surface area contributed by atoms with Crippen molar-refractivity contribution in [3.8, 4) is 22.6 Å². The standard InChI is InChI=1S/C20H20FN3O4S/c1-4-29(26,27)23-15-7-5-6-14(10-15)17-12-20(25)24(22-13(17)2)16-8-9-19(28-3)18(21)11-16/h5-12,23H,4H2,1-3H3. The molecule has 9 heteroatoms. The number of rotatable bonds is 6. The fourth-order valence-corrected chi connectivity index (χ4v) is 3.44. The number of benzene rings is 2. The lowest BCUT2D eigenvalue weighted by Crippen LogP contribution is -2.22. The van der Waals surface area contributed by atoms with Crippen LogP contribution in [0.25, 0.3) is 16.8 Å². The monoisotopic (exact) mass is 417 g/mol. The first-order valence-corrected chi connectivity index (χ1v) is 10.4. The Bertz CT molecular complexity index is 1220. The third kappa shape index (κ3) is 4.45. The van der Waals surface area contributed by atoms with Crippen LogP contribution in [0.2, 0.25) is 0 Å². The van der Waals surface area contributed by atoms with Gasteiger partial charge in [0, 0.05) is 23.4 Å². The molecule has 0 aliphatic heterocycles. The van der Waals surface area contributed by atoms with E-state index in [1.54, 1.807) is 38.1 Å². The number of nitrogens with one attached hydrogen (secondary N) is 1. The molecule has 0 amide bonds. The lowest BCUT2D eigenvalue weighted by atomic mass is 10.0. The van der Waals surface area contributed by atoms with Crippen molar-refractivity contribution in [2.45, 2.75) is 13.8 Å². The number of ether oxygens (including phenoxy) is 1. The maximum absolute atomic E-state index is 14.0. The van der Waals surface area contributed by atoms with Crippen molar-refractivity contribution in [1.82, 2.24) is 9.78 Å². The first kappa shape index (κ1) is 20.5. The number of hydrogen-bond donors (Lipinski definition) is 1. The second kappa shape index (κ2) is 8.04. The smallest absolute Gasteiger partial charge is 0.272 e. The minimum atomic E-state index is -3.42. The van der Waals surface area contributed by atoms with E-state index in [-0.39, 0.29) is 17.2 Å². The van der Waals surface area contributed by atoms with Crippen LogP contribution in [0.1, 0.15) is 12.6 Å². The number of nitrogens with zero attached hydrogens (tertiary/aromatic N) is 2. The highest BCUT2D eigenvalue weighted by Crippen LogP contribution is 2.25. The molecule has 0 saturated carbocycles. The van der Waals surface area contributed by atoms with Gasteiger partial charge in [-0.05, 0) is 43.7 Å². The van der Waals surface area contributed by atoms with Crippen LogP contribution in [0.3, 0.4) is 0 Å². The molecule has 0 aliphatic rings. The van der Waals surface area contributed by atoms with Crippen molar-refractivity contribution in [1.29, 1.82) is 0 Å². The van der Waals surface area contributed by atoms with Crippen LogP contribution < -0.4 is 15.0 Å². The molecule has 0 fully saturated rings. The molecular formula is C20H20FN3O4S. The quantitative estimate of drug-likeness (QED) is 0.666.